The highest BCUT2D eigenvalue weighted by atomic mass is 16.6. The Kier molecular flexibility index (Phi) is 5.79. The highest BCUT2D eigenvalue weighted by molar-refractivity contribution is 5.99. The molecule has 0 saturated carbocycles. The first-order valence-electron chi connectivity index (χ1n) is 7.59. The minimum absolute atomic E-state index is 0.110. The van der Waals surface area contributed by atoms with E-state index in [1.807, 2.05) is 0 Å². The summed E-state index contributed by atoms with van der Waals surface area (Å²) in [6.45, 7) is 0. The molecule has 0 spiro atoms. The lowest BCUT2D eigenvalue weighted by Crippen LogP contribution is -2.31. The van der Waals surface area contributed by atoms with Gasteiger partial charge in [-0.25, -0.2) is 0 Å². The number of carboxylic acid groups (broad SMARTS) is 2. The number of hydrogen-bond donors (Lipinski definition) is 2. The molecule has 0 aliphatic heterocycles. The summed E-state index contributed by atoms with van der Waals surface area (Å²) in [5, 5.41) is 29.6. The number of Topliss-reactive ketones (excluding diaryl/α,β-unsaturated/α-hetero) is 1. The van der Waals surface area contributed by atoms with Crippen molar-refractivity contribution < 1.29 is 29.5 Å². The first kappa shape index (κ1) is 18.8. The van der Waals surface area contributed by atoms with Crippen molar-refractivity contribution in [3.63, 3.8) is 0 Å². The SMILES string of the molecule is O=C(CC(c1cccc([N+](=O)[O-])c1)C(C(=O)O)C(=O)O)c1ccccc1. The Morgan fingerprint density at radius 3 is 2.12 bits per heavy atom. The van der Waals surface area contributed by atoms with Crippen LogP contribution < -0.4 is 0 Å². The summed E-state index contributed by atoms with van der Waals surface area (Å²) in [5.74, 6) is -6.85. The number of carbonyl (C=O) groups is 3. The topological polar surface area (TPSA) is 135 Å². The predicted molar refractivity (Wildman–Crippen MR) is 90.0 cm³/mol. The quantitative estimate of drug-likeness (QED) is 0.321. The van der Waals surface area contributed by atoms with Crippen molar-refractivity contribution in [2.24, 2.45) is 5.92 Å². The number of ketones is 1. The van der Waals surface area contributed by atoms with E-state index in [4.69, 9.17) is 0 Å². The van der Waals surface area contributed by atoms with Crippen molar-refractivity contribution >= 4 is 23.4 Å². The third kappa shape index (κ3) is 4.29. The monoisotopic (exact) mass is 357 g/mol. The van der Waals surface area contributed by atoms with Crippen LogP contribution >= 0.6 is 0 Å². The third-order valence-electron chi connectivity index (χ3n) is 3.94. The van der Waals surface area contributed by atoms with Crippen molar-refractivity contribution in [1.82, 2.24) is 0 Å². The van der Waals surface area contributed by atoms with Crippen LogP contribution in [0.1, 0.15) is 28.3 Å². The van der Waals surface area contributed by atoms with E-state index >= 15 is 0 Å². The number of non-ortho nitro benzene ring substituents is 1. The van der Waals surface area contributed by atoms with Crippen LogP contribution in [0, 0.1) is 16.0 Å². The molecule has 0 saturated heterocycles. The van der Waals surface area contributed by atoms with E-state index < -0.39 is 40.9 Å². The number of rotatable bonds is 8. The van der Waals surface area contributed by atoms with Gasteiger partial charge in [-0.2, -0.15) is 0 Å². The summed E-state index contributed by atoms with van der Waals surface area (Å²) in [6.07, 6.45) is -0.408. The molecule has 8 nitrogen and oxygen atoms in total. The Labute approximate surface area is 147 Å². The molecule has 134 valence electrons. The summed E-state index contributed by atoms with van der Waals surface area (Å²) in [6, 6.07) is 13.0. The molecule has 0 fully saturated rings. The standard InChI is InChI=1S/C18H15NO7/c20-15(11-5-2-1-3-6-11)10-14(16(17(21)22)18(23)24)12-7-4-8-13(9-12)19(25)26/h1-9,14,16H,10H2,(H,21,22)(H,23,24). The zero-order valence-corrected chi connectivity index (χ0v) is 13.4. The van der Waals surface area contributed by atoms with E-state index in [0.717, 1.165) is 6.07 Å². The van der Waals surface area contributed by atoms with Gasteiger partial charge in [0.2, 0.25) is 0 Å². The third-order valence-corrected chi connectivity index (χ3v) is 3.94. The van der Waals surface area contributed by atoms with Crippen molar-refractivity contribution in [2.45, 2.75) is 12.3 Å². The first-order valence-corrected chi connectivity index (χ1v) is 7.59. The van der Waals surface area contributed by atoms with Gasteiger partial charge in [0.15, 0.2) is 11.7 Å². The number of nitrogens with zero attached hydrogens (tertiary/aromatic N) is 1. The molecule has 0 aliphatic carbocycles. The molecule has 1 atom stereocenters. The van der Waals surface area contributed by atoms with E-state index in [0.29, 0.717) is 5.56 Å². The van der Waals surface area contributed by atoms with Gasteiger partial charge in [0, 0.05) is 30.0 Å². The molecule has 2 rings (SSSR count). The van der Waals surface area contributed by atoms with Crippen molar-refractivity contribution in [3.8, 4) is 0 Å². The van der Waals surface area contributed by atoms with Crippen LogP contribution in [0.3, 0.4) is 0 Å². The Hall–Kier alpha value is -3.55. The van der Waals surface area contributed by atoms with Gasteiger partial charge in [-0.15, -0.1) is 0 Å². The molecule has 0 aliphatic rings. The van der Waals surface area contributed by atoms with Crippen LogP contribution in [0.15, 0.2) is 54.6 Å². The second-order valence-corrected chi connectivity index (χ2v) is 5.61. The maximum absolute atomic E-state index is 12.5. The summed E-state index contributed by atoms with van der Waals surface area (Å²) in [7, 11) is 0. The Morgan fingerprint density at radius 1 is 0.962 bits per heavy atom. The minimum atomic E-state index is -1.91. The lowest BCUT2D eigenvalue weighted by molar-refractivity contribution is -0.384. The normalized spacial score (nSPS) is 11.7. The van der Waals surface area contributed by atoms with Crippen molar-refractivity contribution in [1.29, 1.82) is 0 Å². The van der Waals surface area contributed by atoms with E-state index in [9.17, 15) is 34.7 Å². The van der Waals surface area contributed by atoms with E-state index in [1.54, 1.807) is 18.2 Å². The summed E-state index contributed by atoms with van der Waals surface area (Å²) >= 11 is 0. The molecule has 8 heteroatoms. The number of hydrogen-bond acceptors (Lipinski definition) is 5. The molecule has 0 aromatic heterocycles. The lowest BCUT2D eigenvalue weighted by atomic mass is 9.81. The molecule has 26 heavy (non-hydrogen) atoms. The second-order valence-electron chi connectivity index (χ2n) is 5.61. The number of nitro benzene ring substituents is 1. The fraction of sp³-hybridized carbons (Fsp3) is 0.167. The molecule has 2 aromatic rings. The maximum Gasteiger partial charge on any atom is 0.318 e. The smallest absolute Gasteiger partial charge is 0.318 e. The van der Waals surface area contributed by atoms with Crippen LogP contribution in [0.25, 0.3) is 0 Å². The van der Waals surface area contributed by atoms with Crippen LogP contribution in [-0.2, 0) is 9.59 Å². The number of carbonyl (C=O) groups excluding carboxylic acids is 1. The van der Waals surface area contributed by atoms with Crippen molar-refractivity contribution in [2.75, 3.05) is 0 Å². The first-order chi connectivity index (χ1) is 12.3. The zero-order valence-electron chi connectivity index (χ0n) is 13.4. The van der Waals surface area contributed by atoms with Gasteiger partial charge in [0.1, 0.15) is 0 Å². The van der Waals surface area contributed by atoms with Crippen LogP contribution in [0.4, 0.5) is 5.69 Å². The summed E-state index contributed by atoms with van der Waals surface area (Å²) in [5.41, 5.74) is 0.102. The van der Waals surface area contributed by atoms with Crippen molar-refractivity contribution in [3.05, 3.63) is 75.8 Å². The van der Waals surface area contributed by atoms with Crippen LogP contribution in [0.5, 0.6) is 0 Å². The molecular formula is C18H15NO7. The van der Waals surface area contributed by atoms with Gasteiger partial charge in [-0.05, 0) is 5.56 Å². The summed E-state index contributed by atoms with van der Waals surface area (Å²) in [4.78, 5) is 45.7. The fourth-order valence-corrected chi connectivity index (χ4v) is 2.69. The number of carboxylic acids is 2. The number of nitro groups is 1. The van der Waals surface area contributed by atoms with E-state index in [2.05, 4.69) is 0 Å². The number of benzene rings is 2. The highest BCUT2D eigenvalue weighted by Gasteiger charge is 2.37. The minimum Gasteiger partial charge on any atom is -0.481 e. The Balaban J connectivity index is 2.47. The van der Waals surface area contributed by atoms with Crippen LogP contribution in [-0.4, -0.2) is 32.9 Å². The van der Waals surface area contributed by atoms with Gasteiger partial charge >= 0.3 is 11.9 Å². The highest BCUT2D eigenvalue weighted by Crippen LogP contribution is 2.32. The molecule has 2 aromatic carbocycles. The van der Waals surface area contributed by atoms with E-state index in [1.165, 1.54) is 30.3 Å². The Morgan fingerprint density at radius 2 is 1.58 bits per heavy atom. The lowest BCUT2D eigenvalue weighted by Gasteiger charge is -2.21. The molecule has 0 radical (unpaired) electrons. The molecule has 0 heterocycles. The molecule has 0 bridgehead atoms. The van der Waals surface area contributed by atoms with Crippen LogP contribution in [0.2, 0.25) is 0 Å². The van der Waals surface area contributed by atoms with Gasteiger partial charge in [0.05, 0.1) is 4.92 Å². The van der Waals surface area contributed by atoms with Gasteiger partial charge < -0.3 is 10.2 Å². The molecule has 0 amide bonds. The largest absolute Gasteiger partial charge is 0.481 e. The Bertz CT molecular complexity index is 834. The summed E-state index contributed by atoms with van der Waals surface area (Å²) < 4.78 is 0. The second kappa shape index (κ2) is 8.02. The van der Waals surface area contributed by atoms with Gasteiger partial charge in [-0.1, -0.05) is 42.5 Å². The molecular weight excluding hydrogens is 342 g/mol. The average molecular weight is 357 g/mol. The van der Waals surface area contributed by atoms with E-state index in [-0.39, 0.29) is 11.3 Å². The maximum atomic E-state index is 12.5. The van der Waals surface area contributed by atoms with Gasteiger partial charge in [0.25, 0.3) is 5.69 Å². The zero-order chi connectivity index (χ0) is 19.3. The fourth-order valence-electron chi connectivity index (χ4n) is 2.69. The predicted octanol–water partition coefficient (Wildman–Crippen LogP) is 2.74. The van der Waals surface area contributed by atoms with Gasteiger partial charge in [-0.3, -0.25) is 24.5 Å². The average Bonchev–Trinajstić information content (AvgIpc) is 2.61. The molecule has 1 unspecified atom stereocenters. The number of aliphatic carboxylic acids is 2. The molecule has 2 N–H and O–H groups in total.